The summed E-state index contributed by atoms with van der Waals surface area (Å²) in [5.74, 6) is -5.42. The number of hydrogen-bond acceptors (Lipinski definition) is 7. The van der Waals surface area contributed by atoms with E-state index < -0.39 is 23.8 Å². The lowest BCUT2D eigenvalue weighted by Crippen LogP contribution is -2.32. The molecule has 2 aromatic heterocycles. The Morgan fingerprint density at radius 2 is 1.62 bits per heavy atom. The molecule has 2 aliphatic rings. The van der Waals surface area contributed by atoms with Crippen LogP contribution in [-0.2, 0) is 20.9 Å². The number of aromatic nitrogens is 4. The predicted octanol–water partition coefficient (Wildman–Crippen LogP) is 3.18. The molecule has 0 spiro atoms. The van der Waals surface area contributed by atoms with E-state index in [1.165, 1.54) is 32.0 Å². The van der Waals surface area contributed by atoms with E-state index in [0.29, 0.717) is 29.0 Å². The lowest BCUT2D eigenvalue weighted by atomic mass is 9.86. The van der Waals surface area contributed by atoms with Crippen LogP contribution in [0.25, 0.3) is 11.0 Å². The molecule has 1 aliphatic heterocycles. The summed E-state index contributed by atoms with van der Waals surface area (Å²) in [6.45, 7) is 3.89. The highest BCUT2D eigenvalue weighted by atomic mass is 19.3. The molecule has 4 rings (SSSR count). The highest BCUT2D eigenvalue weighted by Crippen LogP contribution is 2.36. The fraction of sp³-hybridized carbons (Fsp3) is 0.583. The number of amides is 1. The zero-order valence-corrected chi connectivity index (χ0v) is 20.5. The minimum Gasteiger partial charge on any atom is -0.478 e. The molecule has 37 heavy (non-hydrogen) atoms. The van der Waals surface area contributed by atoms with E-state index in [1.807, 2.05) is 4.68 Å². The molecule has 0 radical (unpaired) electrons. The third-order valence-corrected chi connectivity index (χ3v) is 6.46. The quantitative estimate of drug-likeness (QED) is 0.466. The SMILES string of the molecule is O=C(Nc1ncnc2c1cnn2CCN1CCCCCC1)C1CCC(F)(F)CC1.O=C(O)/C=C\C(=O)O. The molecule has 3 N–H and O–H groups in total. The Hall–Kier alpha value is -3.48. The van der Waals surface area contributed by atoms with Crippen molar-refractivity contribution in [1.82, 2.24) is 24.6 Å². The minimum atomic E-state index is -2.65. The monoisotopic (exact) mass is 522 g/mol. The zero-order chi connectivity index (χ0) is 26.8. The summed E-state index contributed by atoms with van der Waals surface area (Å²) in [5.41, 5.74) is 0.681. The Morgan fingerprint density at radius 1 is 1.00 bits per heavy atom. The van der Waals surface area contributed by atoms with Crippen LogP contribution in [0.3, 0.4) is 0 Å². The Balaban J connectivity index is 0.000000414. The number of carboxylic acid groups (broad SMARTS) is 2. The van der Waals surface area contributed by atoms with Crippen molar-refractivity contribution >= 4 is 34.7 Å². The van der Waals surface area contributed by atoms with Crippen molar-refractivity contribution in [3.63, 3.8) is 0 Å². The first-order chi connectivity index (χ1) is 17.6. The number of nitrogens with zero attached hydrogens (tertiary/aromatic N) is 5. The van der Waals surface area contributed by atoms with Crippen LogP contribution in [0.5, 0.6) is 0 Å². The van der Waals surface area contributed by atoms with E-state index >= 15 is 0 Å². The first-order valence-corrected chi connectivity index (χ1v) is 12.4. The van der Waals surface area contributed by atoms with Crippen LogP contribution in [0, 0.1) is 5.92 Å². The molecule has 3 heterocycles. The molecule has 2 aromatic rings. The molecule has 1 saturated heterocycles. The average Bonchev–Trinajstić information content (AvgIpc) is 3.09. The summed E-state index contributed by atoms with van der Waals surface area (Å²) in [6, 6.07) is 0. The molecule has 1 amide bonds. The van der Waals surface area contributed by atoms with Crippen molar-refractivity contribution in [3.8, 4) is 0 Å². The highest BCUT2D eigenvalue weighted by Gasteiger charge is 2.37. The number of nitrogens with one attached hydrogen (secondary N) is 1. The smallest absolute Gasteiger partial charge is 0.328 e. The Kier molecular flexibility index (Phi) is 10.0. The van der Waals surface area contributed by atoms with Gasteiger partial charge in [-0.15, -0.1) is 0 Å². The topological polar surface area (TPSA) is 151 Å². The number of alkyl halides is 2. The Bertz CT molecular complexity index is 1090. The summed E-state index contributed by atoms with van der Waals surface area (Å²) in [4.78, 5) is 42.6. The maximum Gasteiger partial charge on any atom is 0.328 e. The Morgan fingerprint density at radius 3 is 2.22 bits per heavy atom. The molecular weight excluding hydrogens is 490 g/mol. The first-order valence-electron chi connectivity index (χ1n) is 12.4. The van der Waals surface area contributed by atoms with Gasteiger partial charge in [0.1, 0.15) is 12.1 Å². The standard InChI is InChI=1S/C20H28F2N6O.C4H4O4/c21-20(22)7-5-15(6-8-20)19(29)26-17-16-13-25-28(18(16)24-14-23-17)12-11-27-9-3-1-2-4-10-27;5-3(6)1-2-4(7)8/h13-15H,1-12H2,(H,23,24,26,29);1-2H,(H,5,6)(H,7,8)/b;2-1-. The van der Waals surface area contributed by atoms with Gasteiger partial charge in [-0.1, -0.05) is 12.8 Å². The lowest BCUT2D eigenvalue weighted by Gasteiger charge is -2.27. The molecule has 202 valence electrons. The van der Waals surface area contributed by atoms with Crippen molar-refractivity contribution < 1.29 is 33.4 Å². The molecule has 13 heteroatoms. The summed E-state index contributed by atoms with van der Waals surface area (Å²) in [5, 5.41) is 23.6. The van der Waals surface area contributed by atoms with Crippen molar-refractivity contribution in [2.75, 3.05) is 25.0 Å². The van der Waals surface area contributed by atoms with Crippen LogP contribution >= 0.6 is 0 Å². The second-order valence-electron chi connectivity index (χ2n) is 9.21. The van der Waals surface area contributed by atoms with Gasteiger partial charge in [0.2, 0.25) is 11.8 Å². The second-order valence-corrected chi connectivity index (χ2v) is 9.21. The second kappa shape index (κ2) is 13.2. The van der Waals surface area contributed by atoms with Crippen molar-refractivity contribution in [2.24, 2.45) is 5.92 Å². The number of aliphatic carboxylic acids is 2. The predicted molar refractivity (Wildman–Crippen MR) is 130 cm³/mol. The third kappa shape index (κ3) is 8.85. The number of hydrogen-bond donors (Lipinski definition) is 3. The van der Waals surface area contributed by atoms with Gasteiger partial charge in [-0.05, 0) is 38.8 Å². The third-order valence-electron chi connectivity index (χ3n) is 6.46. The van der Waals surface area contributed by atoms with Crippen LogP contribution in [-0.4, -0.2) is 78.3 Å². The molecule has 11 nitrogen and oxygen atoms in total. The molecule has 0 bridgehead atoms. The van der Waals surface area contributed by atoms with Gasteiger partial charge in [-0.2, -0.15) is 5.10 Å². The van der Waals surface area contributed by atoms with Crippen LogP contribution in [0.1, 0.15) is 51.4 Å². The molecule has 0 unspecified atom stereocenters. The molecular formula is C24H32F2N6O5. The zero-order valence-electron chi connectivity index (χ0n) is 20.5. The fourth-order valence-electron chi connectivity index (χ4n) is 4.42. The van der Waals surface area contributed by atoms with Crippen LogP contribution in [0.15, 0.2) is 24.7 Å². The number of likely N-dealkylation sites (tertiary alicyclic amines) is 1. The summed E-state index contributed by atoms with van der Waals surface area (Å²) in [7, 11) is 0. The van der Waals surface area contributed by atoms with Gasteiger partial charge in [0.25, 0.3) is 0 Å². The van der Waals surface area contributed by atoms with E-state index in [-0.39, 0.29) is 31.6 Å². The van der Waals surface area contributed by atoms with E-state index in [2.05, 4.69) is 25.3 Å². The normalized spacial score (nSPS) is 18.6. The number of anilines is 1. The van der Waals surface area contributed by atoms with E-state index in [1.54, 1.807) is 6.20 Å². The van der Waals surface area contributed by atoms with Crippen LogP contribution in [0.4, 0.5) is 14.6 Å². The largest absolute Gasteiger partial charge is 0.478 e. The Labute approximate surface area is 212 Å². The van der Waals surface area contributed by atoms with Crippen molar-refractivity contribution in [1.29, 1.82) is 0 Å². The van der Waals surface area contributed by atoms with Gasteiger partial charge < -0.3 is 20.4 Å². The highest BCUT2D eigenvalue weighted by molar-refractivity contribution is 5.99. The number of rotatable bonds is 7. The van der Waals surface area contributed by atoms with Gasteiger partial charge >= 0.3 is 11.9 Å². The maximum atomic E-state index is 13.3. The number of fused-ring (bicyclic) bond motifs is 1. The number of carboxylic acids is 2. The molecule has 1 saturated carbocycles. The van der Waals surface area contributed by atoms with Gasteiger partial charge in [0, 0.05) is 37.5 Å². The minimum absolute atomic E-state index is 0.197. The summed E-state index contributed by atoms with van der Waals surface area (Å²) < 4.78 is 28.5. The molecule has 0 atom stereocenters. The average molecular weight is 523 g/mol. The summed E-state index contributed by atoms with van der Waals surface area (Å²) >= 11 is 0. The van der Waals surface area contributed by atoms with Crippen molar-refractivity contribution in [3.05, 3.63) is 24.7 Å². The van der Waals surface area contributed by atoms with E-state index in [9.17, 15) is 23.2 Å². The van der Waals surface area contributed by atoms with Crippen LogP contribution < -0.4 is 5.32 Å². The molecule has 1 aliphatic carbocycles. The van der Waals surface area contributed by atoms with E-state index in [0.717, 1.165) is 26.2 Å². The van der Waals surface area contributed by atoms with Gasteiger partial charge in [0.15, 0.2) is 5.65 Å². The molecule has 0 aromatic carbocycles. The van der Waals surface area contributed by atoms with E-state index in [4.69, 9.17) is 10.2 Å². The van der Waals surface area contributed by atoms with Gasteiger partial charge in [0.05, 0.1) is 18.1 Å². The maximum absolute atomic E-state index is 13.3. The van der Waals surface area contributed by atoms with Gasteiger partial charge in [-0.3, -0.25) is 4.79 Å². The number of halogens is 2. The number of carbonyl (C=O) groups excluding carboxylic acids is 1. The number of carbonyl (C=O) groups is 3. The molecule has 2 fully saturated rings. The van der Waals surface area contributed by atoms with Crippen molar-refractivity contribution in [2.45, 2.75) is 63.8 Å². The van der Waals surface area contributed by atoms with Crippen LogP contribution in [0.2, 0.25) is 0 Å². The van der Waals surface area contributed by atoms with Gasteiger partial charge in [-0.25, -0.2) is 33.0 Å². The fourth-order valence-corrected chi connectivity index (χ4v) is 4.42. The lowest BCUT2D eigenvalue weighted by molar-refractivity contribution is -0.134. The first kappa shape index (κ1) is 28.1. The summed E-state index contributed by atoms with van der Waals surface area (Å²) in [6.07, 6.45) is 9.20.